The molecule has 1 saturated heterocycles. The van der Waals surface area contributed by atoms with E-state index < -0.39 is 22.0 Å². The largest absolute Gasteiger partial charge is 0.454 e. The molecule has 0 N–H and O–H groups in total. The van der Waals surface area contributed by atoms with Crippen LogP contribution in [-0.4, -0.2) is 42.6 Å². The summed E-state index contributed by atoms with van der Waals surface area (Å²) >= 11 is 2.44. The summed E-state index contributed by atoms with van der Waals surface area (Å²) in [5.74, 6) is 3.33. The number of amides is 1. The van der Waals surface area contributed by atoms with E-state index in [2.05, 4.69) is 10.9 Å². The molecule has 1 unspecified atom stereocenters. The lowest BCUT2D eigenvalue weighted by Crippen LogP contribution is -2.40. The van der Waals surface area contributed by atoms with Crippen LogP contribution < -0.4 is 14.3 Å². The van der Waals surface area contributed by atoms with Gasteiger partial charge in [-0.05, 0) is 24.3 Å². The second-order valence-electron chi connectivity index (χ2n) is 7.00. The minimum absolute atomic E-state index is 0.160. The number of thiazole rings is 1. The first-order valence-electron chi connectivity index (χ1n) is 9.49. The lowest BCUT2D eigenvalue weighted by Gasteiger charge is -2.20. The zero-order chi connectivity index (χ0) is 21.6. The SMILES string of the molecule is C#CCn1c(=NC(=O)C2CCCN2S(=O)(=O)c2cccs2)sc2cc3c(cc21)OCO3. The predicted molar refractivity (Wildman–Crippen MR) is 117 cm³/mol. The van der Waals surface area contributed by atoms with Gasteiger partial charge in [0, 0.05) is 18.7 Å². The Hall–Kier alpha value is -2.65. The number of aromatic nitrogens is 1. The van der Waals surface area contributed by atoms with Gasteiger partial charge in [0.1, 0.15) is 10.3 Å². The van der Waals surface area contributed by atoms with Crippen molar-refractivity contribution in [3.05, 3.63) is 34.4 Å². The van der Waals surface area contributed by atoms with Crippen LogP contribution in [0.4, 0.5) is 0 Å². The van der Waals surface area contributed by atoms with E-state index in [0.717, 1.165) is 21.6 Å². The van der Waals surface area contributed by atoms with Gasteiger partial charge in [-0.3, -0.25) is 4.79 Å². The molecule has 1 fully saturated rings. The van der Waals surface area contributed by atoms with Crippen LogP contribution in [0.15, 0.2) is 38.8 Å². The van der Waals surface area contributed by atoms with Gasteiger partial charge in [-0.2, -0.15) is 9.30 Å². The number of ether oxygens (including phenoxy) is 2. The molecule has 2 aliphatic heterocycles. The number of carbonyl (C=O) groups excluding carboxylic acids is 1. The van der Waals surface area contributed by atoms with E-state index in [1.807, 2.05) is 12.1 Å². The van der Waals surface area contributed by atoms with Gasteiger partial charge in [-0.25, -0.2) is 8.42 Å². The number of benzene rings is 1. The van der Waals surface area contributed by atoms with Crippen LogP contribution in [0.3, 0.4) is 0 Å². The van der Waals surface area contributed by atoms with Crippen molar-refractivity contribution in [2.24, 2.45) is 4.99 Å². The minimum Gasteiger partial charge on any atom is -0.454 e. The lowest BCUT2D eigenvalue weighted by atomic mass is 10.2. The lowest BCUT2D eigenvalue weighted by molar-refractivity contribution is -0.121. The monoisotopic (exact) mass is 475 g/mol. The van der Waals surface area contributed by atoms with Crippen LogP contribution in [0.25, 0.3) is 10.2 Å². The molecule has 31 heavy (non-hydrogen) atoms. The number of carbonyl (C=O) groups is 1. The zero-order valence-corrected chi connectivity index (χ0v) is 18.6. The second kappa shape index (κ2) is 7.80. The van der Waals surface area contributed by atoms with E-state index in [1.165, 1.54) is 15.6 Å². The Labute approximate surface area is 186 Å². The fourth-order valence-electron chi connectivity index (χ4n) is 3.76. The molecule has 160 valence electrons. The molecule has 0 spiro atoms. The Balaban J connectivity index is 1.55. The maximum Gasteiger partial charge on any atom is 0.266 e. The standard InChI is InChI=1S/C20H17N3O5S3/c1-2-7-22-14-10-15-16(28-12-27-15)11-17(14)30-20(22)21-19(24)13-5-3-8-23(13)31(25,26)18-6-4-9-29-18/h1,4,6,9-11,13H,3,5,7-8,12H2. The van der Waals surface area contributed by atoms with E-state index in [0.29, 0.717) is 35.7 Å². The second-order valence-corrected chi connectivity index (χ2v) is 11.1. The van der Waals surface area contributed by atoms with Crippen LogP contribution in [-0.2, 0) is 21.4 Å². The Morgan fingerprint density at radius 3 is 2.87 bits per heavy atom. The van der Waals surface area contributed by atoms with Crippen LogP contribution in [0, 0.1) is 12.3 Å². The molecule has 4 heterocycles. The van der Waals surface area contributed by atoms with E-state index in [-0.39, 0.29) is 17.5 Å². The fraction of sp³-hybridized carbons (Fsp3) is 0.300. The summed E-state index contributed by atoms with van der Waals surface area (Å²) in [5, 5.41) is 1.70. The van der Waals surface area contributed by atoms with E-state index >= 15 is 0 Å². The molecule has 3 aromatic rings. The van der Waals surface area contributed by atoms with Gasteiger partial charge in [0.05, 0.1) is 16.8 Å². The number of hydrogen-bond donors (Lipinski definition) is 0. The third-order valence-corrected chi connectivity index (χ3v) is 9.50. The Kier molecular flexibility index (Phi) is 5.10. The number of nitrogens with zero attached hydrogens (tertiary/aromatic N) is 3. The summed E-state index contributed by atoms with van der Waals surface area (Å²) < 4.78 is 40.9. The van der Waals surface area contributed by atoms with Crippen molar-refractivity contribution in [1.29, 1.82) is 0 Å². The quantitative estimate of drug-likeness (QED) is 0.541. The molecule has 8 nitrogen and oxygen atoms in total. The molecule has 2 aromatic heterocycles. The number of fused-ring (bicyclic) bond motifs is 2. The summed E-state index contributed by atoms with van der Waals surface area (Å²) in [5.41, 5.74) is 0.785. The number of thiophene rings is 1. The fourth-order valence-corrected chi connectivity index (χ4v) is 7.57. The van der Waals surface area contributed by atoms with Gasteiger partial charge in [0.15, 0.2) is 16.3 Å². The first kappa shape index (κ1) is 20.3. The molecule has 0 aliphatic carbocycles. The van der Waals surface area contributed by atoms with Gasteiger partial charge >= 0.3 is 0 Å². The summed E-state index contributed by atoms with van der Waals surface area (Å²) in [6, 6.07) is 6.06. The van der Waals surface area contributed by atoms with Gasteiger partial charge in [0.25, 0.3) is 15.9 Å². The molecule has 0 radical (unpaired) electrons. The highest BCUT2D eigenvalue weighted by atomic mass is 32.2. The topological polar surface area (TPSA) is 90.2 Å². The number of sulfonamides is 1. The summed E-state index contributed by atoms with van der Waals surface area (Å²) in [6.07, 6.45) is 6.58. The van der Waals surface area contributed by atoms with Gasteiger partial charge in [-0.15, -0.1) is 17.8 Å². The highest BCUT2D eigenvalue weighted by Gasteiger charge is 2.40. The van der Waals surface area contributed by atoms with Crippen LogP contribution in [0.1, 0.15) is 12.8 Å². The first-order chi connectivity index (χ1) is 15.0. The van der Waals surface area contributed by atoms with Gasteiger partial charge < -0.3 is 14.0 Å². The van der Waals surface area contributed by atoms with Crippen LogP contribution >= 0.6 is 22.7 Å². The van der Waals surface area contributed by atoms with Gasteiger partial charge in [0.2, 0.25) is 6.79 Å². The average Bonchev–Trinajstić information content (AvgIpc) is 3.53. The highest BCUT2D eigenvalue weighted by molar-refractivity contribution is 7.91. The maximum absolute atomic E-state index is 13.1. The number of rotatable bonds is 4. The molecular weight excluding hydrogens is 458 g/mol. The Morgan fingerprint density at radius 1 is 1.32 bits per heavy atom. The Morgan fingerprint density at radius 2 is 2.13 bits per heavy atom. The summed E-state index contributed by atoms with van der Waals surface area (Å²) in [6.45, 7) is 0.672. The van der Waals surface area contributed by atoms with Crippen molar-refractivity contribution in [3.63, 3.8) is 0 Å². The molecule has 0 saturated carbocycles. The Bertz CT molecular complexity index is 1380. The molecule has 0 bridgehead atoms. The number of terminal acetylenes is 1. The van der Waals surface area contributed by atoms with Gasteiger partial charge in [-0.1, -0.05) is 23.3 Å². The van der Waals surface area contributed by atoms with Crippen molar-refractivity contribution in [2.75, 3.05) is 13.3 Å². The number of hydrogen-bond acceptors (Lipinski definition) is 7. The van der Waals surface area contributed by atoms with Crippen LogP contribution in [0.5, 0.6) is 11.5 Å². The smallest absolute Gasteiger partial charge is 0.266 e. The molecule has 1 aromatic carbocycles. The first-order valence-corrected chi connectivity index (χ1v) is 12.6. The zero-order valence-electron chi connectivity index (χ0n) is 16.2. The van der Waals surface area contributed by atoms with Crippen molar-refractivity contribution in [2.45, 2.75) is 29.6 Å². The third-order valence-electron chi connectivity index (χ3n) is 5.18. The van der Waals surface area contributed by atoms with Crippen molar-refractivity contribution in [3.8, 4) is 23.8 Å². The van der Waals surface area contributed by atoms with E-state index in [4.69, 9.17) is 15.9 Å². The minimum atomic E-state index is -3.73. The molecular formula is C20H17N3O5S3. The van der Waals surface area contributed by atoms with E-state index in [9.17, 15) is 13.2 Å². The van der Waals surface area contributed by atoms with Crippen LogP contribution in [0.2, 0.25) is 0 Å². The van der Waals surface area contributed by atoms with Crippen molar-refractivity contribution in [1.82, 2.24) is 8.87 Å². The molecule has 2 aliphatic rings. The third kappa shape index (κ3) is 3.45. The normalized spacial score (nSPS) is 19.2. The summed E-state index contributed by atoms with van der Waals surface area (Å²) in [7, 11) is -3.73. The average molecular weight is 476 g/mol. The molecule has 1 amide bonds. The van der Waals surface area contributed by atoms with Crippen molar-refractivity contribution >= 4 is 48.8 Å². The maximum atomic E-state index is 13.1. The molecule has 11 heteroatoms. The molecule has 1 atom stereocenters. The predicted octanol–water partition coefficient (Wildman–Crippen LogP) is 2.41. The molecule has 5 rings (SSSR count). The van der Waals surface area contributed by atoms with E-state index in [1.54, 1.807) is 22.1 Å². The summed E-state index contributed by atoms with van der Waals surface area (Å²) in [4.78, 5) is 17.8. The van der Waals surface area contributed by atoms with Crippen molar-refractivity contribution < 1.29 is 22.7 Å². The highest BCUT2D eigenvalue weighted by Crippen LogP contribution is 2.37.